The average molecular weight is 834 g/mol. The van der Waals surface area contributed by atoms with Gasteiger partial charge in [0.25, 0.3) is 0 Å². The molecule has 58 heavy (non-hydrogen) atoms. The van der Waals surface area contributed by atoms with Gasteiger partial charge in [-0.15, -0.1) is 0 Å². The van der Waals surface area contributed by atoms with Crippen molar-refractivity contribution in [2.75, 3.05) is 19.8 Å². The molecule has 0 aliphatic carbocycles. The van der Waals surface area contributed by atoms with Crippen LogP contribution in [0.15, 0.2) is 85.1 Å². The fraction of sp³-hybridized carbons (Fsp3) is 0.630. The second kappa shape index (κ2) is 40.4. The fourth-order valence-corrected chi connectivity index (χ4v) is 6.08. The lowest BCUT2D eigenvalue weighted by Crippen LogP contribution is -2.43. The van der Waals surface area contributed by atoms with Gasteiger partial charge in [0, 0.05) is 12.8 Å². The van der Waals surface area contributed by atoms with Gasteiger partial charge in [-0.3, -0.25) is 18.6 Å². The largest absolute Gasteiger partial charge is 0.480 e. The summed E-state index contributed by atoms with van der Waals surface area (Å²) in [6.07, 6.45) is 48.9. The molecule has 0 fully saturated rings. The van der Waals surface area contributed by atoms with Crippen LogP contribution in [0.5, 0.6) is 0 Å². The van der Waals surface area contributed by atoms with E-state index in [2.05, 4.69) is 104 Å². The molecule has 11 nitrogen and oxygen atoms in total. The number of hydrogen-bond acceptors (Lipinski definition) is 8. The molecule has 0 aromatic carbocycles. The number of carboxylic acid groups (broad SMARTS) is 1. The van der Waals surface area contributed by atoms with Crippen LogP contribution in [0.4, 0.5) is 0 Å². The zero-order valence-corrected chi connectivity index (χ0v) is 36.5. The molecular formula is C46H76NO10P. The molecule has 0 aliphatic rings. The summed E-state index contributed by atoms with van der Waals surface area (Å²) < 4.78 is 26.8. The van der Waals surface area contributed by atoms with Crippen LogP contribution >= 0.6 is 7.82 Å². The zero-order chi connectivity index (χ0) is 42.8. The predicted octanol–water partition coefficient (Wildman–Crippen LogP) is 11.1. The van der Waals surface area contributed by atoms with E-state index in [9.17, 15) is 34.1 Å². The van der Waals surface area contributed by atoms with Crippen LogP contribution < -0.4 is 5.32 Å². The van der Waals surface area contributed by atoms with Crippen molar-refractivity contribution >= 4 is 25.7 Å². The number of allylic oxidation sites excluding steroid dienone is 14. The number of nitrogens with one attached hydrogen (secondary N) is 1. The summed E-state index contributed by atoms with van der Waals surface area (Å²) in [5.41, 5.74) is 0. The first-order chi connectivity index (χ1) is 28.1. The van der Waals surface area contributed by atoms with Crippen LogP contribution in [0.3, 0.4) is 0 Å². The number of carbonyl (C=O) groups excluding carboxylic acids is 2. The van der Waals surface area contributed by atoms with Crippen LogP contribution in [0.2, 0.25) is 0 Å². The molecule has 0 aliphatic heterocycles. The number of phosphoric acid groups is 1. The monoisotopic (exact) mass is 834 g/mol. The number of aliphatic carboxylic acids is 1. The third-order valence-corrected chi connectivity index (χ3v) is 9.62. The summed E-state index contributed by atoms with van der Waals surface area (Å²) in [6, 6.07) is -1.57. The summed E-state index contributed by atoms with van der Waals surface area (Å²) in [5.74, 6) is -2.44. The normalized spacial score (nSPS) is 14.6. The van der Waals surface area contributed by atoms with E-state index >= 15 is 0 Å². The Bertz CT molecular complexity index is 1300. The molecule has 3 unspecified atom stereocenters. The minimum Gasteiger partial charge on any atom is -0.480 e. The van der Waals surface area contributed by atoms with Gasteiger partial charge in [-0.05, 0) is 89.9 Å². The minimum absolute atomic E-state index is 0.117. The molecule has 0 saturated carbocycles. The Morgan fingerprint density at radius 3 is 1.52 bits per heavy atom. The number of phosphoric ester groups is 1. The van der Waals surface area contributed by atoms with Gasteiger partial charge in [0.15, 0.2) is 6.04 Å². The first kappa shape index (κ1) is 54.7. The molecule has 12 heteroatoms. The maximum absolute atomic E-state index is 12.3. The molecule has 4 N–H and O–H groups in total. The Balaban J connectivity index is 4.00. The Morgan fingerprint density at radius 2 is 1.00 bits per heavy atom. The average Bonchev–Trinajstić information content (AvgIpc) is 3.20. The molecule has 0 heterocycles. The van der Waals surface area contributed by atoms with E-state index in [1.54, 1.807) is 0 Å². The van der Waals surface area contributed by atoms with Crippen molar-refractivity contribution in [3.05, 3.63) is 85.1 Å². The van der Waals surface area contributed by atoms with E-state index in [4.69, 9.17) is 13.8 Å². The number of ether oxygens (including phenoxy) is 1. The Labute approximate surface area is 350 Å². The highest BCUT2D eigenvalue weighted by Gasteiger charge is 2.28. The summed E-state index contributed by atoms with van der Waals surface area (Å²) in [5, 5.41) is 21.8. The van der Waals surface area contributed by atoms with E-state index in [1.165, 1.54) is 25.7 Å². The lowest BCUT2D eigenvalue weighted by molar-refractivity contribution is -0.147. The predicted molar refractivity (Wildman–Crippen MR) is 235 cm³/mol. The van der Waals surface area contributed by atoms with Gasteiger partial charge in [0.2, 0.25) is 5.91 Å². The second-order valence-electron chi connectivity index (χ2n) is 14.1. The molecule has 0 bridgehead atoms. The lowest BCUT2D eigenvalue weighted by atomic mass is 10.1. The van der Waals surface area contributed by atoms with Crippen molar-refractivity contribution < 1.29 is 47.8 Å². The van der Waals surface area contributed by atoms with Crippen LogP contribution in [0.25, 0.3) is 0 Å². The number of hydrogen-bond donors (Lipinski definition) is 4. The molecule has 0 spiro atoms. The van der Waals surface area contributed by atoms with Crippen LogP contribution in [0, 0.1) is 0 Å². The van der Waals surface area contributed by atoms with Crippen LogP contribution in [-0.2, 0) is 32.7 Å². The third kappa shape index (κ3) is 39.5. The van der Waals surface area contributed by atoms with Gasteiger partial charge < -0.3 is 25.2 Å². The molecule has 330 valence electrons. The molecule has 1 amide bonds. The van der Waals surface area contributed by atoms with E-state index in [0.717, 1.165) is 89.9 Å². The second-order valence-corrected chi connectivity index (χ2v) is 15.6. The van der Waals surface area contributed by atoms with Gasteiger partial charge >= 0.3 is 19.8 Å². The lowest BCUT2D eigenvalue weighted by Gasteiger charge is -2.18. The number of aliphatic hydroxyl groups excluding tert-OH is 1. The fourth-order valence-electron chi connectivity index (χ4n) is 5.31. The molecule has 0 aromatic heterocycles. The minimum atomic E-state index is -4.77. The van der Waals surface area contributed by atoms with E-state index in [1.807, 2.05) is 0 Å². The first-order valence-electron chi connectivity index (χ1n) is 21.6. The van der Waals surface area contributed by atoms with Crippen molar-refractivity contribution in [3.8, 4) is 0 Å². The van der Waals surface area contributed by atoms with Crippen molar-refractivity contribution in [1.29, 1.82) is 0 Å². The smallest absolute Gasteiger partial charge is 0.472 e. The van der Waals surface area contributed by atoms with E-state index in [0.29, 0.717) is 12.8 Å². The van der Waals surface area contributed by atoms with E-state index in [-0.39, 0.29) is 12.8 Å². The Morgan fingerprint density at radius 1 is 0.569 bits per heavy atom. The van der Waals surface area contributed by atoms with Crippen molar-refractivity contribution in [2.24, 2.45) is 0 Å². The topological polar surface area (TPSA) is 169 Å². The molecule has 0 rings (SSSR count). The molecule has 0 radical (unpaired) electrons. The maximum Gasteiger partial charge on any atom is 0.472 e. The highest BCUT2D eigenvalue weighted by atomic mass is 31.2. The number of esters is 1. The van der Waals surface area contributed by atoms with Gasteiger partial charge in [-0.2, -0.15) is 0 Å². The number of amides is 1. The maximum atomic E-state index is 12.3. The van der Waals surface area contributed by atoms with Crippen molar-refractivity contribution in [2.45, 2.75) is 167 Å². The van der Waals surface area contributed by atoms with E-state index < -0.39 is 57.6 Å². The third-order valence-electron chi connectivity index (χ3n) is 8.67. The van der Waals surface area contributed by atoms with Gasteiger partial charge in [-0.1, -0.05) is 137 Å². The number of unbranched alkanes of at least 4 members (excludes halogenated alkanes) is 11. The SMILES string of the molecule is CC/C=C\C/C=C\C/C=C\CCCCCC(=O)OCC(O)COP(=O)(O)OCC(NC(=O)CCCCCCC/C=C\C/C=C\C/C=C\C/C=C\CCCCC)C(=O)O. The number of carbonyl (C=O) groups is 3. The molecule has 3 atom stereocenters. The first-order valence-corrected chi connectivity index (χ1v) is 23.1. The van der Waals surface area contributed by atoms with Gasteiger partial charge in [0.05, 0.1) is 13.2 Å². The van der Waals surface area contributed by atoms with Crippen molar-refractivity contribution in [3.63, 3.8) is 0 Å². The summed E-state index contributed by atoms with van der Waals surface area (Å²) in [4.78, 5) is 45.9. The summed E-state index contributed by atoms with van der Waals surface area (Å²) >= 11 is 0. The number of aliphatic hydroxyl groups is 1. The van der Waals surface area contributed by atoms with Crippen LogP contribution in [-0.4, -0.2) is 64.9 Å². The number of carboxylic acids is 1. The quantitative estimate of drug-likeness (QED) is 0.0202. The summed E-state index contributed by atoms with van der Waals surface area (Å²) in [6.45, 7) is 2.38. The van der Waals surface area contributed by atoms with Gasteiger partial charge in [0.1, 0.15) is 12.7 Å². The Hall–Kier alpha value is -3.34. The molecular weight excluding hydrogens is 757 g/mol. The van der Waals surface area contributed by atoms with Gasteiger partial charge in [-0.25, -0.2) is 9.36 Å². The highest BCUT2D eigenvalue weighted by Crippen LogP contribution is 2.43. The van der Waals surface area contributed by atoms with Crippen molar-refractivity contribution in [1.82, 2.24) is 5.32 Å². The number of rotatable bonds is 39. The molecule has 0 aromatic rings. The Kier molecular flexibility index (Phi) is 38.1. The highest BCUT2D eigenvalue weighted by molar-refractivity contribution is 7.47. The standard InChI is InChI=1S/C46H76NO10P/c1-3-5-7-9-11-13-15-17-18-19-20-21-22-23-24-26-27-29-31-33-35-37-44(49)47-43(46(51)52)41-57-58(53,54)56-40-42(48)39-55-45(50)38-36-34-32-30-28-25-16-14-12-10-8-6-4-2/h6,8,11-14,17-18,20-21,23-25,28,42-43,48H,3-5,7,9-10,15-16,19,22,26-27,29-41H2,1-2H3,(H,47,49)(H,51,52)(H,53,54)/b8-6-,13-11-,14-12-,18-17-,21-20-,24-23-,28-25-. The summed E-state index contributed by atoms with van der Waals surface area (Å²) in [7, 11) is -4.77. The zero-order valence-electron chi connectivity index (χ0n) is 35.6. The molecule has 0 saturated heterocycles. The van der Waals surface area contributed by atoms with Crippen LogP contribution in [0.1, 0.15) is 155 Å².